The van der Waals surface area contributed by atoms with Crippen molar-refractivity contribution >= 4 is 33.8 Å². The molecule has 2 rings (SSSR count). The van der Waals surface area contributed by atoms with Crippen LogP contribution in [0.2, 0.25) is 5.02 Å². The first-order valence-electron chi connectivity index (χ1n) is 5.13. The molecule has 0 atom stereocenters. The molecule has 2 aromatic carbocycles. The first kappa shape index (κ1) is 12.3. The summed E-state index contributed by atoms with van der Waals surface area (Å²) in [4.78, 5) is 10.8. The van der Waals surface area contributed by atoms with Gasteiger partial charge >= 0.3 is 0 Å². The second kappa shape index (κ2) is 5.03. The Kier molecular flexibility index (Phi) is 3.65. The zero-order valence-electron chi connectivity index (χ0n) is 9.21. The average Bonchev–Trinajstić information content (AvgIpc) is 2.32. The molecule has 0 aliphatic heterocycles. The lowest BCUT2D eigenvalue weighted by atomic mass is 10.0. The maximum absolute atomic E-state index is 10.8. The third-order valence-corrected chi connectivity index (χ3v) is 3.96. The summed E-state index contributed by atoms with van der Waals surface area (Å²) in [5, 5.41) is 0.686. The van der Waals surface area contributed by atoms with Crippen molar-refractivity contribution in [2.45, 2.75) is 6.92 Å². The Morgan fingerprint density at radius 1 is 1.24 bits per heavy atom. The van der Waals surface area contributed by atoms with Gasteiger partial charge in [-0.15, -0.1) is 0 Å². The summed E-state index contributed by atoms with van der Waals surface area (Å²) in [7, 11) is 0. The summed E-state index contributed by atoms with van der Waals surface area (Å²) in [6, 6.07) is 11.5. The van der Waals surface area contributed by atoms with Gasteiger partial charge < -0.3 is 0 Å². The van der Waals surface area contributed by atoms with Gasteiger partial charge in [0.2, 0.25) is 0 Å². The highest BCUT2D eigenvalue weighted by atomic mass is 79.9. The largest absolute Gasteiger partial charge is 0.298 e. The van der Waals surface area contributed by atoms with Crippen LogP contribution in [0.3, 0.4) is 0 Å². The predicted molar refractivity (Wildman–Crippen MR) is 74.7 cm³/mol. The summed E-state index contributed by atoms with van der Waals surface area (Å²) >= 11 is 9.64. The van der Waals surface area contributed by atoms with Gasteiger partial charge in [0.1, 0.15) is 6.29 Å². The Morgan fingerprint density at radius 2 is 2.00 bits per heavy atom. The highest BCUT2D eigenvalue weighted by Crippen LogP contribution is 2.34. The van der Waals surface area contributed by atoms with Gasteiger partial charge in [-0.3, -0.25) is 4.79 Å². The van der Waals surface area contributed by atoms with E-state index in [1.165, 1.54) is 0 Å². The maximum atomic E-state index is 10.8. The molecular formula is C14H10BrClO. The molecule has 0 saturated heterocycles. The van der Waals surface area contributed by atoms with E-state index in [9.17, 15) is 4.79 Å². The number of halogens is 2. The minimum Gasteiger partial charge on any atom is -0.298 e. The van der Waals surface area contributed by atoms with E-state index >= 15 is 0 Å². The molecular weight excluding hydrogens is 300 g/mol. The molecule has 0 bridgehead atoms. The lowest BCUT2D eigenvalue weighted by molar-refractivity contribution is 0.112. The van der Waals surface area contributed by atoms with Crippen LogP contribution in [0.5, 0.6) is 0 Å². The minimum atomic E-state index is 0.686. The van der Waals surface area contributed by atoms with Crippen LogP contribution in [-0.4, -0.2) is 6.29 Å². The SMILES string of the molecule is Cc1cc(-c2cccc(Br)c2Cl)ccc1C=O. The van der Waals surface area contributed by atoms with Gasteiger partial charge in [0, 0.05) is 15.6 Å². The molecule has 86 valence electrons. The second-order valence-electron chi connectivity index (χ2n) is 3.79. The Hall–Kier alpha value is -1.12. The number of aldehydes is 1. The molecule has 0 N–H and O–H groups in total. The number of hydrogen-bond donors (Lipinski definition) is 0. The van der Waals surface area contributed by atoms with Crippen LogP contribution in [-0.2, 0) is 0 Å². The fraction of sp³-hybridized carbons (Fsp3) is 0.0714. The molecule has 17 heavy (non-hydrogen) atoms. The van der Waals surface area contributed by atoms with E-state index in [1.54, 1.807) is 0 Å². The zero-order valence-corrected chi connectivity index (χ0v) is 11.5. The van der Waals surface area contributed by atoms with Gasteiger partial charge in [0.25, 0.3) is 0 Å². The molecule has 0 saturated carbocycles. The first-order valence-corrected chi connectivity index (χ1v) is 6.31. The molecule has 0 radical (unpaired) electrons. The van der Waals surface area contributed by atoms with Gasteiger partial charge in [-0.25, -0.2) is 0 Å². The molecule has 2 aromatic rings. The molecule has 0 spiro atoms. The molecule has 0 aromatic heterocycles. The standard InChI is InChI=1S/C14H10BrClO/c1-9-7-10(5-6-11(9)8-17)12-3-2-4-13(15)14(12)16/h2-8H,1H3. The van der Waals surface area contributed by atoms with Gasteiger partial charge in [-0.2, -0.15) is 0 Å². The van der Waals surface area contributed by atoms with E-state index < -0.39 is 0 Å². The topological polar surface area (TPSA) is 17.1 Å². The van der Waals surface area contributed by atoms with E-state index in [4.69, 9.17) is 11.6 Å². The van der Waals surface area contributed by atoms with Gasteiger partial charge in [0.05, 0.1) is 5.02 Å². The van der Waals surface area contributed by atoms with Crippen LogP contribution in [0.1, 0.15) is 15.9 Å². The molecule has 0 aliphatic rings. The summed E-state index contributed by atoms with van der Waals surface area (Å²) in [5.41, 5.74) is 3.63. The number of rotatable bonds is 2. The van der Waals surface area contributed by atoms with Crippen molar-refractivity contribution in [2.24, 2.45) is 0 Å². The predicted octanol–water partition coefficient (Wildman–Crippen LogP) is 4.89. The summed E-state index contributed by atoms with van der Waals surface area (Å²) in [6.45, 7) is 1.92. The fourth-order valence-corrected chi connectivity index (χ4v) is 2.30. The van der Waals surface area contributed by atoms with Crippen LogP contribution >= 0.6 is 27.5 Å². The highest BCUT2D eigenvalue weighted by molar-refractivity contribution is 9.10. The minimum absolute atomic E-state index is 0.686. The molecule has 0 fully saturated rings. The van der Waals surface area contributed by atoms with Crippen LogP contribution in [0.25, 0.3) is 11.1 Å². The Morgan fingerprint density at radius 3 is 2.65 bits per heavy atom. The summed E-state index contributed by atoms with van der Waals surface area (Å²) in [5.74, 6) is 0. The number of benzene rings is 2. The second-order valence-corrected chi connectivity index (χ2v) is 5.02. The third-order valence-electron chi connectivity index (χ3n) is 2.66. The van der Waals surface area contributed by atoms with Crippen LogP contribution in [0.15, 0.2) is 40.9 Å². The van der Waals surface area contributed by atoms with Crippen molar-refractivity contribution in [3.63, 3.8) is 0 Å². The van der Waals surface area contributed by atoms with Gasteiger partial charge in [0.15, 0.2) is 0 Å². The first-order chi connectivity index (χ1) is 8.13. The smallest absolute Gasteiger partial charge is 0.150 e. The van der Waals surface area contributed by atoms with Crippen molar-refractivity contribution in [1.82, 2.24) is 0 Å². The van der Waals surface area contributed by atoms with E-state index in [1.807, 2.05) is 43.3 Å². The fourth-order valence-electron chi connectivity index (χ4n) is 1.70. The Bertz CT molecular complexity index is 578. The summed E-state index contributed by atoms with van der Waals surface area (Å²) in [6.07, 6.45) is 0.863. The lowest BCUT2D eigenvalue weighted by Gasteiger charge is -2.08. The van der Waals surface area contributed by atoms with Crippen molar-refractivity contribution < 1.29 is 4.79 Å². The van der Waals surface area contributed by atoms with Crippen molar-refractivity contribution in [1.29, 1.82) is 0 Å². The van der Waals surface area contributed by atoms with Crippen molar-refractivity contribution in [3.8, 4) is 11.1 Å². The maximum Gasteiger partial charge on any atom is 0.150 e. The molecule has 0 aliphatic carbocycles. The third kappa shape index (κ3) is 2.43. The van der Waals surface area contributed by atoms with E-state index in [0.29, 0.717) is 10.6 Å². The van der Waals surface area contributed by atoms with E-state index in [-0.39, 0.29) is 0 Å². The average molecular weight is 310 g/mol. The molecule has 0 unspecified atom stereocenters. The van der Waals surface area contributed by atoms with E-state index in [0.717, 1.165) is 27.4 Å². The van der Waals surface area contributed by atoms with E-state index in [2.05, 4.69) is 15.9 Å². The molecule has 0 amide bonds. The number of carbonyl (C=O) groups excluding carboxylic acids is 1. The van der Waals surface area contributed by atoms with Crippen LogP contribution in [0.4, 0.5) is 0 Å². The monoisotopic (exact) mass is 308 g/mol. The number of aryl methyl sites for hydroxylation is 1. The molecule has 3 heteroatoms. The van der Waals surface area contributed by atoms with Crippen molar-refractivity contribution in [2.75, 3.05) is 0 Å². The summed E-state index contributed by atoms with van der Waals surface area (Å²) < 4.78 is 0.869. The highest BCUT2D eigenvalue weighted by Gasteiger charge is 2.07. The normalized spacial score (nSPS) is 10.3. The van der Waals surface area contributed by atoms with Crippen LogP contribution < -0.4 is 0 Å². The quantitative estimate of drug-likeness (QED) is 0.722. The Balaban J connectivity index is 2.57. The van der Waals surface area contributed by atoms with Gasteiger partial charge in [-0.05, 0) is 40.0 Å². The molecule has 0 heterocycles. The number of carbonyl (C=O) groups is 1. The lowest BCUT2D eigenvalue weighted by Crippen LogP contribution is -1.88. The van der Waals surface area contributed by atoms with Gasteiger partial charge in [-0.1, -0.05) is 41.9 Å². The Labute approximate surface area is 114 Å². The molecule has 1 nitrogen and oxygen atoms in total. The van der Waals surface area contributed by atoms with Crippen LogP contribution in [0, 0.1) is 6.92 Å². The zero-order chi connectivity index (χ0) is 12.4. The van der Waals surface area contributed by atoms with Crippen molar-refractivity contribution in [3.05, 3.63) is 57.0 Å². The number of hydrogen-bond acceptors (Lipinski definition) is 1.